The number of amides is 1. The van der Waals surface area contributed by atoms with E-state index in [9.17, 15) is 4.79 Å². The number of carbonyl (C=O) groups is 1. The van der Waals surface area contributed by atoms with Crippen molar-refractivity contribution in [2.75, 3.05) is 12.0 Å². The van der Waals surface area contributed by atoms with Gasteiger partial charge >= 0.3 is 0 Å². The highest BCUT2D eigenvalue weighted by atomic mass is 35.5. The number of benzene rings is 1. The standard InChI is InChI=1S/C11H13ClN2O/c12-9-4-6-10(7-5-9)13-14-8-2-1-3-11(14)15/h4-7,13H,1-3,8H2. The second-order valence-corrected chi connectivity index (χ2v) is 4.06. The van der Waals surface area contributed by atoms with Crippen LogP contribution < -0.4 is 5.43 Å². The minimum atomic E-state index is 0.163. The Bertz CT molecular complexity index is 350. The van der Waals surface area contributed by atoms with Crippen LogP contribution in [0.4, 0.5) is 5.69 Å². The molecule has 1 aliphatic heterocycles. The summed E-state index contributed by atoms with van der Waals surface area (Å²) in [4.78, 5) is 11.5. The summed E-state index contributed by atoms with van der Waals surface area (Å²) in [6, 6.07) is 7.34. The molecule has 80 valence electrons. The highest BCUT2D eigenvalue weighted by molar-refractivity contribution is 6.30. The second kappa shape index (κ2) is 4.53. The Morgan fingerprint density at radius 1 is 1.20 bits per heavy atom. The van der Waals surface area contributed by atoms with E-state index in [1.807, 2.05) is 12.1 Å². The van der Waals surface area contributed by atoms with E-state index in [1.165, 1.54) is 0 Å². The van der Waals surface area contributed by atoms with Crippen LogP contribution in [-0.4, -0.2) is 17.5 Å². The molecule has 4 heteroatoms. The van der Waals surface area contributed by atoms with Gasteiger partial charge in [0.05, 0.1) is 5.69 Å². The Kier molecular flexibility index (Phi) is 3.11. The van der Waals surface area contributed by atoms with Crippen molar-refractivity contribution >= 4 is 23.2 Å². The summed E-state index contributed by atoms with van der Waals surface area (Å²) in [5.74, 6) is 0.163. The fourth-order valence-electron chi connectivity index (χ4n) is 1.60. The van der Waals surface area contributed by atoms with Gasteiger partial charge in [-0.2, -0.15) is 0 Å². The van der Waals surface area contributed by atoms with Crippen LogP contribution in [0, 0.1) is 0 Å². The van der Waals surface area contributed by atoms with Crippen molar-refractivity contribution in [2.45, 2.75) is 19.3 Å². The van der Waals surface area contributed by atoms with E-state index in [0.717, 1.165) is 25.1 Å². The van der Waals surface area contributed by atoms with Crippen LogP contribution >= 0.6 is 11.6 Å². The van der Waals surface area contributed by atoms with E-state index in [4.69, 9.17) is 11.6 Å². The van der Waals surface area contributed by atoms with Crippen LogP contribution in [0.1, 0.15) is 19.3 Å². The zero-order valence-electron chi connectivity index (χ0n) is 8.37. The van der Waals surface area contributed by atoms with Gasteiger partial charge in [0.25, 0.3) is 0 Å². The first kappa shape index (κ1) is 10.3. The molecule has 0 unspecified atom stereocenters. The number of anilines is 1. The summed E-state index contributed by atoms with van der Waals surface area (Å²) in [7, 11) is 0. The average molecular weight is 225 g/mol. The number of piperidine rings is 1. The van der Waals surface area contributed by atoms with Crippen LogP contribution in [0.5, 0.6) is 0 Å². The van der Waals surface area contributed by atoms with Crippen molar-refractivity contribution in [1.82, 2.24) is 5.01 Å². The maximum atomic E-state index is 11.5. The van der Waals surface area contributed by atoms with E-state index >= 15 is 0 Å². The lowest BCUT2D eigenvalue weighted by Gasteiger charge is -2.27. The van der Waals surface area contributed by atoms with Crippen LogP contribution in [0.3, 0.4) is 0 Å². The fourth-order valence-corrected chi connectivity index (χ4v) is 1.73. The smallest absolute Gasteiger partial charge is 0.240 e. The van der Waals surface area contributed by atoms with Gasteiger partial charge in [-0.25, -0.2) is 0 Å². The molecule has 1 saturated heterocycles. The third-order valence-corrected chi connectivity index (χ3v) is 2.68. The molecule has 0 radical (unpaired) electrons. The Balaban J connectivity index is 2.01. The molecule has 0 atom stereocenters. The third kappa shape index (κ3) is 2.63. The van der Waals surface area contributed by atoms with Crippen LogP contribution in [0.15, 0.2) is 24.3 Å². The first-order valence-electron chi connectivity index (χ1n) is 5.08. The summed E-state index contributed by atoms with van der Waals surface area (Å²) in [6.45, 7) is 0.779. The maximum absolute atomic E-state index is 11.5. The number of hydrazine groups is 1. The average Bonchev–Trinajstić information content (AvgIpc) is 2.25. The molecule has 0 spiro atoms. The highest BCUT2D eigenvalue weighted by Gasteiger charge is 2.17. The molecule has 1 heterocycles. The third-order valence-electron chi connectivity index (χ3n) is 2.43. The lowest BCUT2D eigenvalue weighted by atomic mass is 10.1. The van der Waals surface area contributed by atoms with Gasteiger partial charge in [-0.05, 0) is 37.1 Å². The molecule has 1 fully saturated rings. The molecular weight excluding hydrogens is 212 g/mol. The number of hydrogen-bond donors (Lipinski definition) is 1. The molecule has 15 heavy (non-hydrogen) atoms. The quantitative estimate of drug-likeness (QED) is 0.838. The van der Waals surface area contributed by atoms with Crippen molar-refractivity contribution in [3.05, 3.63) is 29.3 Å². The number of halogens is 1. The molecule has 0 bridgehead atoms. The lowest BCUT2D eigenvalue weighted by Crippen LogP contribution is -2.39. The lowest BCUT2D eigenvalue weighted by molar-refractivity contribution is -0.131. The van der Waals surface area contributed by atoms with Crippen molar-refractivity contribution < 1.29 is 4.79 Å². The van der Waals surface area contributed by atoms with Gasteiger partial charge in [-0.15, -0.1) is 0 Å². The van der Waals surface area contributed by atoms with E-state index in [2.05, 4.69) is 5.43 Å². The van der Waals surface area contributed by atoms with Gasteiger partial charge in [0.15, 0.2) is 0 Å². The molecule has 1 amide bonds. The van der Waals surface area contributed by atoms with E-state index < -0.39 is 0 Å². The molecule has 2 rings (SSSR count). The van der Waals surface area contributed by atoms with Gasteiger partial charge < -0.3 is 0 Å². The molecule has 0 aliphatic carbocycles. The first-order chi connectivity index (χ1) is 7.25. The Morgan fingerprint density at radius 2 is 1.93 bits per heavy atom. The van der Waals surface area contributed by atoms with Crippen molar-refractivity contribution in [3.8, 4) is 0 Å². The minimum Gasteiger partial charge on any atom is -0.296 e. The van der Waals surface area contributed by atoms with Crippen LogP contribution in [-0.2, 0) is 4.79 Å². The molecule has 1 aromatic rings. The van der Waals surface area contributed by atoms with Gasteiger partial charge in [-0.1, -0.05) is 11.6 Å². The maximum Gasteiger partial charge on any atom is 0.240 e. The van der Waals surface area contributed by atoms with Crippen molar-refractivity contribution in [3.63, 3.8) is 0 Å². The summed E-state index contributed by atoms with van der Waals surface area (Å²) in [6.07, 6.45) is 2.70. The Hall–Kier alpha value is -1.22. The van der Waals surface area contributed by atoms with Crippen LogP contribution in [0.25, 0.3) is 0 Å². The van der Waals surface area contributed by atoms with Crippen molar-refractivity contribution in [2.24, 2.45) is 0 Å². The molecule has 1 aliphatic rings. The Morgan fingerprint density at radius 3 is 2.60 bits per heavy atom. The topological polar surface area (TPSA) is 32.3 Å². The van der Waals surface area contributed by atoms with E-state index in [0.29, 0.717) is 11.4 Å². The van der Waals surface area contributed by atoms with E-state index in [1.54, 1.807) is 17.1 Å². The zero-order valence-corrected chi connectivity index (χ0v) is 9.13. The van der Waals surface area contributed by atoms with Crippen molar-refractivity contribution in [1.29, 1.82) is 0 Å². The molecular formula is C11H13ClN2O. The van der Waals surface area contributed by atoms with Gasteiger partial charge in [0.2, 0.25) is 5.91 Å². The number of nitrogens with one attached hydrogen (secondary N) is 1. The highest BCUT2D eigenvalue weighted by Crippen LogP contribution is 2.16. The monoisotopic (exact) mass is 224 g/mol. The predicted molar refractivity (Wildman–Crippen MR) is 60.6 cm³/mol. The molecule has 1 aromatic carbocycles. The minimum absolute atomic E-state index is 0.163. The SMILES string of the molecule is O=C1CCCCN1Nc1ccc(Cl)cc1. The summed E-state index contributed by atoms with van der Waals surface area (Å²) >= 11 is 5.77. The Labute approximate surface area is 94.0 Å². The number of hydrogen-bond acceptors (Lipinski definition) is 2. The molecule has 1 N–H and O–H groups in total. The van der Waals surface area contributed by atoms with Gasteiger partial charge in [0.1, 0.15) is 0 Å². The number of rotatable bonds is 2. The number of carbonyl (C=O) groups excluding carboxylic acids is 1. The second-order valence-electron chi connectivity index (χ2n) is 3.62. The zero-order chi connectivity index (χ0) is 10.7. The largest absolute Gasteiger partial charge is 0.296 e. The van der Waals surface area contributed by atoms with Crippen LogP contribution in [0.2, 0.25) is 5.02 Å². The van der Waals surface area contributed by atoms with Gasteiger partial charge in [-0.3, -0.25) is 15.2 Å². The first-order valence-corrected chi connectivity index (χ1v) is 5.46. The number of nitrogens with zero attached hydrogens (tertiary/aromatic N) is 1. The predicted octanol–water partition coefficient (Wildman–Crippen LogP) is 2.68. The van der Waals surface area contributed by atoms with Gasteiger partial charge in [0, 0.05) is 18.0 Å². The summed E-state index contributed by atoms with van der Waals surface area (Å²) in [5, 5.41) is 2.37. The van der Waals surface area contributed by atoms with E-state index in [-0.39, 0.29) is 5.91 Å². The normalized spacial score (nSPS) is 16.6. The molecule has 0 saturated carbocycles. The fraction of sp³-hybridized carbons (Fsp3) is 0.364. The molecule has 3 nitrogen and oxygen atoms in total. The summed E-state index contributed by atoms with van der Waals surface area (Å²) < 4.78 is 0. The molecule has 0 aromatic heterocycles. The summed E-state index contributed by atoms with van der Waals surface area (Å²) in [5.41, 5.74) is 3.98.